The maximum Gasteiger partial charge on any atom is 0.263 e. The molecule has 4 heterocycles. The predicted molar refractivity (Wildman–Crippen MR) is 304 cm³/mol. The molecule has 0 spiro atoms. The Morgan fingerprint density at radius 1 is 0.561 bits per heavy atom. The van der Waals surface area contributed by atoms with Crippen molar-refractivity contribution in [2.24, 2.45) is 11.8 Å². The van der Waals surface area contributed by atoms with E-state index in [9.17, 15) is 44.8 Å². The number of benzene rings is 4. The third-order valence-electron chi connectivity index (χ3n) is 12.3. The zero-order chi connectivity index (χ0) is 59.5. The maximum absolute atomic E-state index is 13.5. The SMILES string of the molecule is COCCNC(=O)[C@@H](C)Cn1cnc2ccc(-c3cnc(OC)c(NS(=O)(=O)c4ccc(F)cc4Cl)c3)cc2c1=O.COCCNC(=O)[C@H](C)Cn1cnc2ccc(-c3cnc(OC)c(NS(=O)(=O)c4ccc(F)cc4Cl)c3)cc2c1=O. The highest BCUT2D eigenvalue weighted by Crippen LogP contribution is 2.34. The van der Waals surface area contributed by atoms with E-state index in [-0.39, 0.29) is 79.0 Å². The third-order valence-corrected chi connectivity index (χ3v) is 16.0. The van der Waals surface area contributed by atoms with Crippen LogP contribution in [0.5, 0.6) is 11.8 Å². The van der Waals surface area contributed by atoms with Crippen molar-refractivity contribution >= 4 is 88.2 Å². The largest absolute Gasteiger partial charge is 0.480 e. The fourth-order valence-electron chi connectivity index (χ4n) is 8.07. The number of amides is 2. The van der Waals surface area contributed by atoms with Gasteiger partial charge in [-0.1, -0.05) is 49.2 Å². The molecule has 0 aliphatic carbocycles. The second-order valence-corrected chi connectivity index (χ2v) is 22.3. The molecule has 0 fully saturated rings. The number of methoxy groups -OCH3 is 4. The Balaban J connectivity index is 0.000000236. The molecule has 0 radical (unpaired) electrons. The summed E-state index contributed by atoms with van der Waals surface area (Å²) in [6.07, 6.45) is 5.71. The van der Waals surface area contributed by atoms with Crippen molar-refractivity contribution in [3.8, 4) is 34.0 Å². The van der Waals surface area contributed by atoms with Crippen molar-refractivity contribution in [1.82, 2.24) is 39.7 Å². The third kappa shape index (κ3) is 14.9. The van der Waals surface area contributed by atoms with Crippen LogP contribution in [-0.2, 0) is 52.2 Å². The van der Waals surface area contributed by atoms with Crippen LogP contribution < -0.4 is 40.7 Å². The summed E-state index contributed by atoms with van der Waals surface area (Å²) < 4.78 is 107. The van der Waals surface area contributed by atoms with Crippen LogP contribution in [0.25, 0.3) is 44.1 Å². The van der Waals surface area contributed by atoms with Crippen molar-refractivity contribution in [3.05, 3.63) is 152 Å². The smallest absolute Gasteiger partial charge is 0.263 e. The summed E-state index contributed by atoms with van der Waals surface area (Å²) in [4.78, 5) is 67.8. The van der Waals surface area contributed by atoms with E-state index >= 15 is 0 Å². The van der Waals surface area contributed by atoms with Crippen LogP contribution >= 0.6 is 23.2 Å². The second kappa shape index (κ2) is 27.1. The lowest BCUT2D eigenvalue weighted by Crippen LogP contribution is -2.35. The molecule has 82 heavy (non-hydrogen) atoms. The zero-order valence-corrected chi connectivity index (χ0v) is 47.8. The Bertz CT molecular complexity index is 3790. The number of fused-ring (bicyclic) bond motifs is 2. The molecule has 22 nitrogen and oxygen atoms in total. The van der Waals surface area contributed by atoms with Crippen molar-refractivity contribution in [1.29, 1.82) is 0 Å². The van der Waals surface area contributed by atoms with Gasteiger partial charge in [-0.05, 0) is 83.9 Å². The maximum atomic E-state index is 13.5. The number of sulfonamides is 2. The van der Waals surface area contributed by atoms with E-state index in [0.29, 0.717) is 70.4 Å². The number of nitrogens with one attached hydrogen (secondary N) is 4. The molecular formula is C54H54Cl2F2N10O12S2. The predicted octanol–water partition coefficient (Wildman–Crippen LogP) is 6.92. The number of hydrogen-bond donors (Lipinski definition) is 4. The first kappa shape index (κ1) is 61.5. The van der Waals surface area contributed by atoms with Gasteiger partial charge in [-0.25, -0.2) is 45.6 Å². The van der Waals surface area contributed by atoms with E-state index in [1.165, 1.54) is 74.8 Å². The molecule has 2 amide bonds. The Hall–Kier alpha value is -8.14. The Morgan fingerprint density at radius 2 is 0.951 bits per heavy atom. The second-order valence-electron chi connectivity index (χ2n) is 18.2. The highest BCUT2D eigenvalue weighted by molar-refractivity contribution is 7.93. The van der Waals surface area contributed by atoms with Crippen molar-refractivity contribution in [3.63, 3.8) is 0 Å². The monoisotopic (exact) mass is 1210 g/mol. The summed E-state index contributed by atoms with van der Waals surface area (Å²) in [6, 6.07) is 18.8. The number of carbonyl (C=O) groups excluding carboxylic acids is 2. The number of anilines is 2. The summed E-state index contributed by atoms with van der Waals surface area (Å²) in [5, 5.41) is 5.51. The van der Waals surface area contributed by atoms with Gasteiger partial charge in [-0.3, -0.25) is 37.8 Å². The van der Waals surface area contributed by atoms with E-state index < -0.39 is 43.5 Å². The molecule has 432 valence electrons. The van der Waals surface area contributed by atoms with Crippen molar-refractivity contribution in [2.45, 2.75) is 36.7 Å². The van der Waals surface area contributed by atoms with Gasteiger partial charge in [-0.2, -0.15) is 0 Å². The minimum absolute atomic E-state index is 0.00222. The van der Waals surface area contributed by atoms with Crippen molar-refractivity contribution in [2.75, 3.05) is 64.2 Å². The lowest BCUT2D eigenvalue weighted by molar-refractivity contribution is -0.125. The number of nitrogens with zero attached hydrogens (tertiary/aromatic N) is 6. The first-order chi connectivity index (χ1) is 39.1. The standard InChI is InChI=1S/2C27H27ClFN5O6S/c2*1-16(25(35)30-8-9-39-2)14-34-15-32-22-6-4-17(10-20(22)27(34)36)18-11-23(26(40-3)31-13-18)33-41(37,38)24-7-5-19(29)12-21(24)28/h2*4-7,10-13,15-16,33H,8-9,14H2,1-3H3,(H,30,35)/t2*16-/m10/s1. The minimum Gasteiger partial charge on any atom is -0.480 e. The van der Waals surface area contributed by atoms with Crippen LogP contribution in [0.4, 0.5) is 20.2 Å². The highest BCUT2D eigenvalue weighted by Gasteiger charge is 2.24. The molecule has 4 N–H and O–H groups in total. The summed E-state index contributed by atoms with van der Waals surface area (Å²) in [5.41, 5.74) is 2.24. The number of hydrogen-bond acceptors (Lipinski definition) is 16. The first-order valence-corrected chi connectivity index (χ1v) is 28.4. The first-order valence-electron chi connectivity index (χ1n) is 24.6. The Morgan fingerprint density at radius 3 is 1.30 bits per heavy atom. The zero-order valence-electron chi connectivity index (χ0n) is 44.7. The number of halogens is 4. The summed E-state index contributed by atoms with van der Waals surface area (Å²) in [5.74, 6) is -2.82. The van der Waals surface area contributed by atoms with E-state index in [1.54, 1.807) is 50.2 Å². The van der Waals surface area contributed by atoms with Gasteiger partial charge in [0.1, 0.15) is 32.8 Å². The minimum atomic E-state index is -4.24. The van der Waals surface area contributed by atoms with E-state index in [2.05, 4.69) is 40.0 Å². The van der Waals surface area contributed by atoms with Gasteiger partial charge in [0, 0.05) is 63.9 Å². The van der Waals surface area contributed by atoms with Crippen LogP contribution in [0, 0.1) is 23.5 Å². The number of ether oxygens (including phenoxy) is 4. The molecule has 28 heteroatoms. The molecule has 0 unspecified atom stereocenters. The molecular weight excluding hydrogens is 1150 g/mol. The Labute approximate surface area is 478 Å². The van der Waals surface area contributed by atoms with Gasteiger partial charge < -0.3 is 29.6 Å². The molecule has 8 rings (SSSR count). The van der Waals surface area contributed by atoms with E-state index in [0.717, 1.165) is 36.4 Å². The van der Waals surface area contributed by atoms with Gasteiger partial charge in [0.15, 0.2) is 0 Å². The van der Waals surface area contributed by atoms with Gasteiger partial charge in [-0.15, -0.1) is 0 Å². The van der Waals surface area contributed by atoms with Crippen LogP contribution in [0.1, 0.15) is 13.8 Å². The number of pyridine rings is 2. The molecule has 4 aromatic carbocycles. The normalized spacial score (nSPS) is 12.2. The average Bonchev–Trinajstić information content (AvgIpc) is 3.47. The van der Waals surface area contributed by atoms with Crippen LogP contribution in [0.3, 0.4) is 0 Å². The van der Waals surface area contributed by atoms with Crippen LogP contribution in [0.15, 0.2) is 129 Å². The quantitative estimate of drug-likeness (QED) is 0.0501. The summed E-state index contributed by atoms with van der Waals surface area (Å²) >= 11 is 11.9. The topological polar surface area (TPSA) is 283 Å². The molecule has 0 aliphatic rings. The van der Waals surface area contributed by atoms with Crippen LogP contribution in [0.2, 0.25) is 10.0 Å². The molecule has 0 aliphatic heterocycles. The molecule has 0 saturated carbocycles. The van der Waals surface area contributed by atoms with Gasteiger partial charge in [0.25, 0.3) is 31.2 Å². The van der Waals surface area contributed by atoms with E-state index in [1.807, 2.05) is 0 Å². The van der Waals surface area contributed by atoms with Gasteiger partial charge in [0.2, 0.25) is 23.6 Å². The lowest BCUT2D eigenvalue weighted by Gasteiger charge is -2.15. The van der Waals surface area contributed by atoms with Gasteiger partial charge in [0.05, 0.1) is 83.8 Å². The molecule has 0 saturated heterocycles. The molecule has 8 aromatic rings. The summed E-state index contributed by atoms with van der Waals surface area (Å²) in [6.45, 7) is 5.13. The number of rotatable bonds is 22. The number of aromatic nitrogens is 6. The van der Waals surface area contributed by atoms with E-state index in [4.69, 9.17) is 42.1 Å². The van der Waals surface area contributed by atoms with Gasteiger partial charge >= 0.3 is 0 Å². The molecule has 2 atom stereocenters. The lowest BCUT2D eigenvalue weighted by atomic mass is 10.0. The average molecular weight is 1210 g/mol. The number of carbonyl (C=O) groups is 2. The molecule has 4 aromatic heterocycles. The molecule has 0 bridgehead atoms. The fourth-order valence-corrected chi connectivity index (χ4v) is 11.2. The summed E-state index contributed by atoms with van der Waals surface area (Å²) in [7, 11) is -2.75. The Kier molecular flexibility index (Phi) is 20.3. The highest BCUT2D eigenvalue weighted by atomic mass is 35.5. The van der Waals surface area contributed by atoms with Crippen molar-refractivity contribution < 1.29 is 54.2 Å². The fraction of sp³-hybridized carbons (Fsp3) is 0.259. The van der Waals surface area contributed by atoms with Crippen LogP contribution in [-0.4, -0.2) is 112 Å².